The van der Waals surface area contributed by atoms with E-state index in [4.69, 9.17) is 5.73 Å². The Labute approximate surface area is 147 Å². The zero-order valence-corrected chi connectivity index (χ0v) is 14.5. The Morgan fingerprint density at radius 1 is 1.24 bits per heavy atom. The van der Waals surface area contributed by atoms with Crippen LogP contribution in [0.4, 0.5) is 10.1 Å². The highest BCUT2D eigenvalue weighted by Gasteiger charge is 2.42. The van der Waals surface area contributed by atoms with Gasteiger partial charge in [0.2, 0.25) is 11.8 Å². The average Bonchev–Trinajstić information content (AvgIpc) is 3.37. The summed E-state index contributed by atoms with van der Waals surface area (Å²) in [5.41, 5.74) is 5.87. The van der Waals surface area contributed by atoms with Crippen molar-refractivity contribution in [1.82, 2.24) is 0 Å². The number of hydrogen-bond acceptors (Lipinski definition) is 2. The highest BCUT2D eigenvalue weighted by Crippen LogP contribution is 2.47. The van der Waals surface area contributed by atoms with Crippen molar-refractivity contribution in [1.29, 1.82) is 0 Å². The van der Waals surface area contributed by atoms with Gasteiger partial charge in [0.05, 0.1) is 0 Å². The van der Waals surface area contributed by atoms with Crippen molar-refractivity contribution in [2.45, 2.75) is 50.6 Å². The molecule has 2 amide bonds. The first-order chi connectivity index (χ1) is 11.9. The monoisotopic (exact) mass is 344 g/mol. The predicted molar refractivity (Wildman–Crippen MR) is 95.7 cm³/mol. The highest BCUT2D eigenvalue weighted by molar-refractivity contribution is 5.92. The summed E-state index contributed by atoms with van der Waals surface area (Å²) in [6.07, 6.45) is 6.07. The molecular weight excluding hydrogens is 319 g/mol. The van der Waals surface area contributed by atoms with Gasteiger partial charge in [-0.05, 0) is 62.6 Å². The molecule has 0 heterocycles. The van der Waals surface area contributed by atoms with E-state index in [0.29, 0.717) is 25.7 Å². The Bertz CT molecular complexity index is 675. The number of nitrogens with one attached hydrogen (secondary N) is 1. The van der Waals surface area contributed by atoms with Crippen molar-refractivity contribution >= 4 is 17.5 Å². The molecule has 4 nitrogen and oxygen atoms in total. The molecule has 1 aromatic rings. The lowest BCUT2D eigenvalue weighted by Crippen LogP contribution is -2.33. The Morgan fingerprint density at radius 2 is 1.88 bits per heavy atom. The van der Waals surface area contributed by atoms with Crippen LogP contribution in [0.3, 0.4) is 0 Å². The number of alkyl halides is 1. The van der Waals surface area contributed by atoms with Crippen molar-refractivity contribution in [3.05, 3.63) is 42.0 Å². The molecule has 2 fully saturated rings. The number of hydrogen-bond donors (Lipinski definition) is 2. The molecule has 3 rings (SSSR count). The van der Waals surface area contributed by atoms with Crippen molar-refractivity contribution in [3.63, 3.8) is 0 Å². The van der Waals surface area contributed by atoms with E-state index in [2.05, 4.69) is 5.32 Å². The molecule has 134 valence electrons. The van der Waals surface area contributed by atoms with E-state index in [1.807, 2.05) is 31.2 Å². The highest BCUT2D eigenvalue weighted by atomic mass is 19.1. The largest absolute Gasteiger partial charge is 0.369 e. The summed E-state index contributed by atoms with van der Waals surface area (Å²) in [5, 5.41) is 2.92. The number of carbonyl (C=O) groups excluding carboxylic acids is 2. The van der Waals surface area contributed by atoms with Gasteiger partial charge in [0, 0.05) is 17.5 Å². The lowest BCUT2D eigenvalue weighted by atomic mass is 9.79. The van der Waals surface area contributed by atoms with Crippen LogP contribution < -0.4 is 11.1 Å². The third-order valence-electron chi connectivity index (χ3n) is 5.42. The molecule has 2 aliphatic carbocycles. The Balaban J connectivity index is 1.53. The minimum absolute atomic E-state index is 0.0447. The fourth-order valence-corrected chi connectivity index (χ4v) is 3.76. The third-order valence-corrected chi connectivity index (χ3v) is 5.42. The number of allylic oxidation sites excluding steroid dienone is 2. The van der Waals surface area contributed by atoms with Crippen molar-refractivity contribution in [2.75, 3.05) is 5.32 Å². The molecule has 0 radical (unpaired) electrons. The maximum absolute atomic E-state index is 14.4. The number of halogens is 1. The fourth-order valence-electron chi connectivity index (χ4n) is 3.76. The molecule has 0 aromatic heterocycles. The van der Waals surface area contributed by atoms with Gasteiger partial charge in [-0.2, -0.15) is 0 Å². The molecule has 1 aromatic carbocycles. The van der Waals surface area contributed by atoms with E-state index >= 15 is 0 Å². The Morgan fingerprint density at radius 3 is 2.40 bits per heavy atom. The zero-order chi connectivity index (χ0) is 18.0. The molecule has 2 atom stereocenters. The number of carbonyl (C=O) groups is 2. The first-order valence-corrected chi connectivity index (χ1v) is 8.95. The molecule has 25 heavy (non-hydrogen) atoms. The zero-order valence-electron chi connectivity index (χ0n) is 14.5. The molecule has 2 saturated carbocycles. The van der Waals surface area contributed by atoms with Crippen LogP contribution in [0.2, 0.25) is 0 Å². The summed E-state index contributed by atoms with van der Waals surface area (Å²) in [5.74, 6) is -0.277. The van der Waals surface area contributed by atoms with Gasteiger partial charge in [-0.25, -0.2) is 4.39 Å². The van der Waals surface area contributed by atoms with Crippen LogP contribution in [-0.4, -0.2) is 17.5 Å². The molecule has 2 aliphatic rings. The predicted octanol–water partition coefficient (Wildman–Crippen LogP) is 3.69. The number of rotatable bonds is 5. The topological polar surface area (TPSA) is 72.2 Å². The van der Waals surface area contributed by atoms with Crippen LogP contribution in [0.5, 0.6) is 0 Å². The van der Waals surface area contributed by atoms with Crippen LogP contribution >= 0.6 is 0 Å². The number of nitrogens with two attached hydrogens (primary N) is 1. The second-order valence-corrected chi connectivity index (χ2v) is 7.27. The second kappa shape index (κ2) is 6.98. The summed E-state index contributed by atoms with van der Waals surface area (Å²) in [4.78, 5) is 23.6. The smallest absolute Gasteiger partial charge is 0.227 e. The summed E-state index contributed by atoms with van der Waals surface area (Å²) in [6.45, 7) is 1.82. The summed E-state index contributed by atoms with van der Waals surface area (Å²) in [7, 11) is 0. The molecule has 0 saturated heterocycles. The second-order valence-electron chi connectivity index (χ2n) is 7.27. The van der Waals surface area contributed by atoms with Gasteiger partial charge in [-0.3, -0.25) is 9.59 Å². The van der Waals surface area contributed by atoms with Gasteiger partial charge in [0.25, 0.3) is 0 Å². The molecule has 0 spiro atoms. The van der Waals surface area contributed by atoms with Gasteiger partial charge in [-0.1, -0.05) is 24.3 Å². The maximum atomic E-state index is 14.4. The fraction of sp³-hybridized carbons (Fsp3) is 0.500. The van der Waals surface area contributed by atoms with Crippen LogP contribution in [0.25, 0.3) is 0 Å². The molecule has 0 unspecified atom stereocenters. The lowest BCUT2D eigenvalue weighted by Gasteiger charge is -2.31. The van der Waals surface area contributed by atoms with E-state index in [1.165, 1.54) is 0 Å². The van der Waals surface area contributed by atoms with Crippen molar-refractivity contribution in [2.24, 2.45) is 17.6 Å². The standard InChI is InChI=1S/C20H25FN2O2/c1-2-9-20(21)10-7-14(8-11-20)19(25)23-15-5-3-13(4-6-15)16-12-17(16)18(22)24/h2-6,9,14,16-17H,7-8,10-12H2,1H3,(H2,22,24)(H,23,25)/b9-2+/t14?,16-,17+,20?/m1/s1. The van der Waals surface area contributed by atoms with Gasteiger partial charge >= 0.3 is 0 Å². The molecular formula is C20H25FN2O2. The van der Waals surface area contributed by atoms with Gasteiger partial charge in [0.1, 0.15) is 5.67 Å². The minimum atomic E-state index is -1.26. The number of benzene rings is 1. The normalized spacial score (nSPS) is 31.7. The molecule has 0 aliphatic heterocycles. The van der Waals surface area contributed by atoms with E-state index in [9.17, 15) is 14.0 Å². The molecule has 5 heteroatoms. The SMILES string of the molecule is C/C=C/C1(F)CCC(C(=O)Nc2ccc([C@H]3C[C@@H]3C(N)=O)cc2)CC1. The molecule has 3 N–H and O–H groups in total. The first kappa shape index (κ1) is 17.6. The van der Waals surface area contributed by atoms with Crippen molar-refractivity contribution < 1.29 is 14.0 Å². The number of primary amides is 1. The van der Waals surface area contributed by atoms with Gasteiger partial charge in [-0.15, -0.1) is 0 Å². The van der Waals surface area contributed by atoms with Gasteiger partial charge < -0.3 is 11.1 Å². The average molecular weight is 344 g/mol. The van der Waals surface area contributed by atoms with Crippen LogP contribution in [0.1, 0.15) is 50.5 Å². The summed E-state index contributed by atoms with van der Waals surface area (Å²) in [6, 6.07) is 7.57. The van der Waals surface area contributed by atoms with Crippen molar-refractivity contribution in [3.8, 4) is 0 Å². The summed E-state index contributed by atoms with van der Waals surface area (Å²) < 4.78 is 14.4. The Kier molecular flexibility index (Phi) is 4.93. The van der Waals surface area contributed by atoms with E-state index in [-0.39, 0.29) is 29.6 Å². The van der Waals surface area contributed by atoms with Crippen LogP contribution in [0.15, 0.2) is 36.4 Å². The quantitative estimate of drug-likeness (QED) is 0.800. The van der Waals surface area contributed by atoms with E-state index in [1.54, 1.807) is 12.2 Å². The molecule has 0 bridgehead atoms. The van der Waals surface area contributed by atoms with Gasteiger partial charge in [0.15, 0.2) is 0 Å². The Hall–Kier alpha value is -2.17. The first-order valence-electron chi connectivity index (χ1n) is 8.95. The van der Waals surface area contributed by atoms with E-state index in [0.717, 1.165) is 17.7 Å². The third kappa shape index (κ3) is 4.09. The minimum Gasteiger partial charge on any atom is -0.369 e. The number of amides is 2. The van der Waals surface area contributed by atoms with Crippen LogP contribution in [0, 0.1) is 11.8 Å². The van der Waals surface area contributed by atoms with Crippen LogP contribution in [-0.2, 0) is 9.59 Å². The lowest BCUT2D eigenvalue weighted by molar-refractivity contribution is -0.121. The number of anilines is 1. The summed E-state index contributed by atoms with van der Waals surface area (Å²) >= 11 is 0. The van der Waals surface area contributed by atoms with E-state index < -0.39 is 5.67 Å². The maximum Gasteiger partial charge on any atom is 0.227 e.